The molecular weight excluding hydrogens is 504 g/mol. The molecule has 0 spiro atoms. The zero-order valence-electron chi connectivity index (χ0n) is 24.2. The van der Waals surface area contributed by atoms with Gasteiger partial charge in [-0.05, 0) is 94.6 Å². The van der Waals surface area contributed by atoms with Crippen LogP contribution in [0.5, 0.6) is 11.5 Å². The summed E-state index contributed by atoms with van der Waals surface area (Å²) in [4.78, 5) is 31.0. The smallest absolute Gasteiger partial charge is 0.300 e. The molecule has 0 aromatic heterocycles. The number of aliphatic hydroxyl groups is 1. The largest absolute Gasteiger partial charge is 0.507 e. The van der Waals surface area contributed by atoms with Gasteiger partial charge >= 0.3 is 0 Å². The first-order valence-corrected chi connectivity index (χ1v) is 13.9. The number of carbonyl (C=O) groups is 2. The van der Waals surface area contributed by atoms with Crippen molar-refractivity contribution in [3.8, 4) is 11.5 Å². The molecule has 1 unspecified atom stereocenters. The molecule has 3 aromatic rings. The van der Waals surface area contributed by atoms with Crippen LogP contribution in [-0.4, -0.2) is 43.1 Å². The average Bonchev–Trinajstić information content (AvgIpc) is 3.21. The molecule has 1 N–H and O–H groups in total. The van der Waals surface area contributed by atoms with Crippen LogP contribution in [0, 0.1) is 13.8 Å². The van der Waals surface area contributed by atoms with Crippen LogP contribution < -0.4 is 19.3 Å². The van der Waals surface area contributed by atoms with E-state index < -0.39 is 17.7 Å². The molecule has 1 fully saturated rings. The minimum Gasteiger partial charge on any atom is -0.507 e. The molecule has 1 aliphatic heterocycles. The molecule has 1 aliphatic rings. The Morgan fingerprint density at radius 2 is 1.52 bits per heavy atom. The number of amides is 1. The van der Waals surface area contributed by atoms with Crippen LogP contribution in [0.1, 0.15) is 56.0 Å². The predicted octanol–water partition coefficient (Wildman–Crippen LogP) is 6.57. The van der Waals surface area contributed by atoms with Crippen molar-refractivity contribution < 1.29 is 24.2 Å². The lowest BCUT2D eigenvalue weighted by Gasteiger charge is -2.27. The van der Waals surface area contributed by atoms with Gasteiger partial charge in [-0.15, -0.1) is 0 Å². The topological polar surface area (TPSA) is 79.3 Å². The molecule has 1 heterocycles. The van der Waals surface area contributed by atoms with Crippen molar-refractivity contribution in [2.75, 3.05) is 36.1 Å². The Bertz CT molecular complexity index is 1420. The van der Waals surface area contributed by atoms with E-state index in [2.05, 4.69) is 18.7 Å². The Morgan fingerprint density at radius 3 is 2.12 bits per heavy atom. The molecule has 40 heavy (non-hydrogen) atoms. The zero-order chi connectivity index (χ0) is 29.0. The number of hydrogen-bond acceptors (Lipinski definition) is 6. The van der Waals surface area contributed by atoms with Gasteiger partial charge < -0.3 is 19.5 Å². The van der Waals surface area contributed by atoms with Crippen LogP contribution in [0.3, 0.4) is 0 Å². The Hall–Kier alpha value is -4.26. The predicted molar refractivity (Wildman–Crippen MR) is 159 cm³/mol. The van der Waals surface area contributed by atoms with E-state index in [1.807, 2.05) is 70.2 Å². The van der Waals surface area contributed by atoms with Crippen LogP contribution in [0.15, 0.2) is 66.2 Å². The zero-order valence-corrected chi connectivity index (χ0v) is 24.2. The number of benzene rings is 3. The highest BCUT2D eigenvalue weighted by Crippen LogP contribution is 2.44. The first-order valence-electron chi connectivity index (χ1n) is 13.9. The van der Waals surface area contributed by atoms with Crippen molar-refractivity contribution >= 4 is 28.8 Å². The third-order valence-corrected chi connectivity index (χ3v) is 7.37. The van der Waals surface area contributed by atoms with E-state index in [1.165, 1.54) is 4.90 Å². The molecule has 0 aliphatic carbocycles. The summed E-state index contributed by atoms with van der Waals surface area (Å²) < 4.78 is 11.4. The summed E-state index contributed by atoms with van der Waals surface area (Å²) in [5.74, 6) is -0.758. The number of rotatable bonds is 10. The lowest BCUT2D eigenvalue weighted by Crippen LogP contribution is -2.29. The standard InChI is InChI=1S/C33H38N2O5/c1-7-34(8-2)24-15-12-23(13-16-24)30-29(31(36)27-18-17-26(39-9-3)20-28(27)40-10-4)32(37)33(38)35(30)25-14-11-21(5)22(6)19-25/h11-20,30,36H,7-10H2,1-6H3/b31-29-. The van der Waals surface area contributed by atoms with Crippen molar-refractivity contribution in [1.82, 2.24) is 0 Å². The SMILES string of the molecule is CCOc1ccc(/C(O)=C2/C(=O)C(=O)N(c3ccc(C)c(C)c3)C2c2ccc(N(CC)CC)cc2)c(OCC)c1. The molecule has 0 bridgehead atoms. The Labute approximate surface area is 236 Å². The first kappa shape index (κ1) is 28.7. The normalized spacial score (nSPS) is 16.4. The van der Waals surface area contributed by atoms with Gasteiger partial charge in [0.25, 0.3) is 11.7 Å². The van der Waals surface area contributed by atoms with Gasteiger partial charge in [0.2, 0.25) is 0 Å². The van der Waals surface area contributed by atoms with Gasteiger partial charge in [-0.2, -0.15) is 0 Å². The van der Waals surface area contributed by atoms with Crippen molar-refractivity contribution in [2.45, 2.75) is 47.6 Å². The van der Waals surface area contributed by atoms with Crippen LogP contribution in [0.4, 0.5) is 11.4 Å². The number of hydrogen-bond donors (Lipinski definition) is 1. The number of anilines is 2. The molecule has 4 rings (SSSR count). The fourth-order valence-corrected chi connectivity index (χ4v) is 5.12. The van der Waals surface area contributed by atoms with Crippen LogP contribution >= 0.6 is 0 Å². The summed E-state index contributed by atoms with van der Waals surface area (Å²) in [5.41, 5.74) is 4.79. The van der Waals surface area contributed by atoms with Gasteiger partial charge in [0.05, 0.1) is 30.4 Å². The second-order valence-corrected chi connectivity index (χ2v) is 9.73. The van der Waals surface area contributed by atoms with Crippen LogP contribution in [0.25, 0.3) is 5.76 Å². The Kier molecular flexibility index (Phi) is 8.83. The highest BCUT2D eigenvalue weighted by molar-refractivity contribution is 6.51. The summed E-state index contributed by atoms with van der Waals surface area (Å²) in [7, 11) is 0. The van der Waals surface area contributed by atoms with Gasteiger partial charge in [0.15, 0.2) is 0 Å². The van der Waals surface area contributed by atoms with Crippen molar-refractivity contribution in [1.29, 1.82) is 0 Å². The number of ketones is 1. The third-order valence-electron chi connectivity index (χ3n) is 7.37. The van der Waals surface area contributed by atoms with E-state index in [-0.39, 0.29) is 11.3 Å². The first-order chi connectivity index (χ1) is 19.2. The molecule has 7 nitrogen and oxygen atoms in total. The number of carbonyl (C=O) groups excluding carboxylic acids is 2. The highest BCUT2D eigenvalue weighted by Gasteiger charge is 2.47. The lowest BCUT2D eigenvalue weighted by molar-refractivity contribution is -0.132. The average molecular weight is 543 g/mol. The maximum absolute atomic E-state index is 13.7. The van der Waals surface area contributed by atoms with Crippen LogP contribution in [0.2, 0.25) is 0 Å². The van der Waals surface area contributed by atoms with E-state index in [0.29, 0.717) is 36.0 Å². The summed E-state index contributed by atoms with van der Waals surface area (Å²) in [6, 6.07) is 17.8. The highest BCUT2D eigenvalue weighted by atomic mass is 16.5. The Morgan fingerprint density at radius 1 is 0.850 bits per heavy atom. The van der Waals surface area contributed by atoms with E-state index in [0.717, 1.165) is 35.5 Å². The second-order valence-electron chi connectivity index (χ2n) is 9.73. The minimum atomic E-state index is -0.825. The quantitative estimate of drug-likeness (QED) is 0.177. The maximum Gasteiger partial charge on any atom is 0.300 e. The van der Waals surface area contributed by atoms with Crippen molar-refractivity contribution in [3.63, 3.8) is 0 Å². The molecule has 1 saturated heterocycles. The number of Topliss-reactive ketones (excluding diaryl/α,β-unsaturated/α-hetero) is 1. The maximum atomic E-state index is 13.7. The molecule has 0 radical (unpaired) electrons. The number of ether oxygens (including phenoxy) is 2. The molecule has 0 saturated carbocycles. The summed E-state index contributed by atoms with van der Waals surface area (Å²) >= 11 is 0. The van der Waals surface area contributed by atoms with Gasteiger partial charge in [0, 0.05) is 30.5 Å². The van der Waals surface area contributed by atoms with Crippen LogP contribution in [-0.2, 0) is 9.59 Å². The minimum absolute atomic E-state index is 0.0175. The fourth-order valence-electron chi connectivity index (χ4n) is 5.12. The second kappa shape index (κ2) is 12.3. The van der Waals surface area contributed by atoms with Crippen molar-refractivity contribution in [2.24, 2.45) is 0 Å². The molecule has 3 aromatic carbocycles. The number of aliphatic hydroxyl groups excluding tert-OH is 1. The third kappa shape index (κ3) is 5.41. The molecule has 1 amide bonds. The lowest BCUT2D eigenvalue weighted by atomic mass is 9.94. The van der Waals surface area contributed by atoms with Gasteiger partial charge in [-0.25, -0.2) is 0 Å². The van der Waals surface area contributed by atoms with Gasteiger partial charge in [0.1, 0.15) is 17.3 Å². The molecular formula is C33H38N2O5. The van der Waals surface area contributed by atoms with E-state index >= 15 is 0 Å². The Balaban J connectivity index is 1.93. The monoisotopic (exact) mass is 542 g/mol. The summed E-state index contributed by atoms with van der Waals surface area (Å²) in [5, 5.41) is 11.7. The van der Waals surface area contributed by atoms with Gasteiger partial charge in [-0.1, -0.05) is 18.2 Å². The molecule has 7 heteroatoms. The number of nitrogens with zero attached hydrogens (tertiary/aromatic N) is 2. The van der Waals surface area contributed by atoms with E-state index in [4.69, 9.17) is 9.47 Å². The fraction of sp³-hybridized carbons (Fsp3) is 0.333. The number of aryl methyl sites for hydroxylation is 2. The van der Waals surface area contributed by atoms with E-state index in [1.54, 1.807) is 18.2 Å². The molecule has 1 atom stereocenters. The molecule has 210 valence electrons. The van der Waals surface area contributed by atoms with E-state index in [9.17, 15) is 14.7 Å². The van der Waals surface area contributed by atoms with Crippen molar-refractivity contribution in [3.05, 3.63) is 88.5 Å². The summed E-state index contributed by atoms with van der Waals surface area (Å²) in [6.07, 6.45) is 0. The van der Waals surface area contributed by atoms with Gasteiger partial charge in [-0.3, -0.25) is 14.5 Å². The summed E-state index contributed by atoms with van der Waals surface area (Å²) in [6.45, 7) is 14.4.